The van der Waals surface area contributed by atoms with E-state index in [1.807, 2.05) is 29.6 Å². The van der Waals surface area contributed by atoms with E-state index in [4.69, 9.17) is 0 Å². The smallest absolute Gasteiger partial charge is 0.241 e. The quantitative estimate of drug-likeness (QED) is 0.915. The predicted molar refractivity (Wildman–Crippen MR) is 86.4 cm³/mol. The Labute approximate surface area is 128 Å². The van der Waals surface area contributed by atoms with Crippen molar-refractivity contribution in [2.75, 3.05) is 11.9 Å². The molecule has 0 saturated carbocycles. The minimum absolute atomic E-state index is 0.0536. The van der Waals surface area contributed by atoms with Crippen LogP contribution in [0.5, 0.6) is 0 Å². The van der Waals surface area contributed by atoms with Gasteiger partial charge in [0.25, 0.3) is 0 Å². The van der Waals surface area contributed by atoms with E-state index >= 15 is 0 Å². The van der Waals surface area contributed by atoms with Gasteiger partial charge < -0.3 is 10.6 Å². The van der Waals surface area contributed by atoms with Crippen LogP contribution in [0, 0.1) is 5.92 Å². The van der Waals surface area contributed by atoms with Gasteiger partial charge in [-0.25, -0.2) is 4.98 Å². The standard InChI is InChI=1S/C16H19N3OS/c1-11-5-6-17-14(9-11)15(20)19-13-4-2-3-12(10-13)16-18-7-8-21-16/h2-4,7-8,10-11,14,17H,5-6,9H2,1H3,(H,19,20). The minimum atomic E-state index is -0.0859. The molecular weight excluding hydrogens is 282 g/mol. The highest BCUT2D eigenvalue weighted by molar-refractivity contribution is 7.13. The molecule has 0 spiro atoms. The van der Waals surface area contributed by atoms with E-state index < -0.39 is 0 Å². The maximum absolute atomic E-state index is 12.3. The maximum Gasteiger partial charge on any atom is 0.241 e. The molecule has 3 rings (SSSR count). The molecule has 110 valence electrons. The number of benzene rings is 1. The number of piperidine rings is 1. The summed E-state index contributed by atoms with van der Waals surface area (Å²) < 4.78 is 0. The van der Waals surface area contributed by atoms with Gasteiger partial charge in [0.2, 0.25) is 5.91 Å². The third kappa shape index (κ3) is 3.49. The first kappa shape index (κ1) is 14.2. The first-order chi connectivity index (χ1) is 10.2. The summed E-state index contributed by atoms with van der Waals surface area (Å²) >= 11 is 1.60. The molecule has 2 atom stereocenters. The maximum atomic E-state index is 12.3. The van der Waals surface area contributed by atoms with Crippen LogP contribution in [-0.4, -0.2) is 23.5 Å². The summed E-state index contributed by atoms with van der Waals surface area (Å²) in [7, 11) is 0. The van der Waals surface area contributed by atoms with Crippen LogP contribution in [0.3, 0.4) is 0 Å². The summed E-state index contributed by atoms with van der Waals surface area (Å²) in [6.45, 7) is 3.11. The lowest BCUT2D eigenvalue weighted by molar-refractivity contribution is -0.119. The average Bonchev–Trinajstić information content (AvgIpc) is 3.02. The molecule has 2 unspecified atom stereocenters. The molecule has 2 aromatic rings. The fourth-order valence-electron chi connectivity index (χ4n) is 2.63. The van der Waals surface area contributed by atoms with E-state index in [1.54, 1.807) is 17.5 Å². The van der Waals surface area contributed by atoms with Crippen LogP contribution in [-0.2, 0) is 4.79 Å². The Morgan fingerprint density at radius 1 is 1.48 bits per heavy atom. The molecule has 1 aliphatic rings. The van der Waals surface area contributed by atoms with E-state index in [9.17, 15) is 4.79 Å². The van der Waals surface area contributed by atoms with Crippen molar-refractivity contribution in [2.45, 2.75) is 25.8 Å². The van der Waals surface area contributed by atoms with Crippen molar-refractivity contribution < 1.29 is 4.79 Å². The van der Waals surface area contributed by atoms with Crippen molar-refractivity contribution in [1.82, 2.24) is 10.3 Å². The molecular formula is C16H19N3OS. The van der Waals surface area contributed by atoms with E-state index in [1.165, 1.54) is 0 Å². The van der Waals surface area contributed by atoms with Crippen molar-refractivity contribution >= 4 is 22.9 Å². The molecule has 4 nitrogen and oxygen atoms in total. The number of hydrogen-bond acceptors (Lipinski definition) is 4. The van der Waals surface area contributed by atoms with Crippen molar-refractivity contribution in [3.05, 3.63) is 35.8 Å². The number of nitrogens with one attached hydrogen (secondary N) is 2. The third-order valence-corrected chi connectivity index (χ3v) is 4.61. The number of carbonyl (C=O) groups is 1. The highest BCUT2D eigenvalue weighted by Crippen LogP contribution is 2.25. The number of thiazole rings is 1. The summed E-state index contributed by atoms with van der Waals surface area (Å²) in [5.41, 5.74) is 1.86. The van der Waals surface area contributed by atoms with Crippen molar-refractivity contribution in [3.8, 4) is 10.6 Å². The molecule has 1 aromatic carbocycles. The Kier molecular flexibility index (Phi) is 4.31. The predicted octanol–water partition coefficient (Wildman–Crippen LogP) is 3.14. The summed E-state index contributed by atoms with van der Waals surface area (Å²) in [6, 6.07) is 7.76. The summed E-state index contributed by atoms with van der Waals surface area (Å²) in [4.78, 5) is 16.6. The van der Waals surface area contributed by atoms with Gasteiger partial charge in [-0.3, -0.25) is 4.79 Å². The second-order valence-electron chi connectivity index (χ2n) is 5.54. The Morgan fingerprint density at radius 2 is 2.38 bits per heavy atom. The Balaban J connectivity index is 1.70. The van der Waals surface area contributed by atoms with Crippen molar-refractivity contribution in [3.63, 3.8) is 0 Å². The van der Waals surface area contributed by atoms with Gasteiger partial charge in [0.05, 0.1) is 6.04 Å². The fraction of sp³-hybridized carbons (Fsp3) is 0.375. The molecule has 1 fully saturated rings. The van der Waals surface area contributed by atoms with Crippen LogP contribution in [0.25, 0.3) is 10.6 Å². The normalized spacial score (nSPS) is 22.0. The van der Waals surface area contributed by atoms with Gasteiger partial charge >= 0.3 is 0 Å². The summed E-state index contributed by atoms with van der Waals surface area (Å²) in [6.07, 6.45) is 3.83. The van der Waals surface area contributed by atoms with E-state index in [-0.39, 0.29) is 11.9 Å². The highest BCUT2D eigenvalue weighted by Gasteiger charge is 2.24. The van der Waals surface area contributed by atoms with Gasteiger partial charge in [-0.15, -0.1) is 11.3 Å². The van der Waals surface area contributed by atoms with Crippen LogP contribution in [0.15, 0.2) is 35.8 Å². The molecule has 21 heavy (non-hydrogen) atoms. The Morgan fingerprint density at radius 3 is 3.14 bits per heavy atom. The topological polar surface area (TPSA) is 54.0 Å². The van der Waals surface area contributed by atoms with Gasteiger partial charge in [0.15, 0.2) is 0 Å². The number of anilines is 1. The van der Waals surface area contributed by atoms with Gasteiger partial charge in [-0.05, 0) is 37.4 Å². The number of amides is 1. The van der Waals surface area contributed by atoms with Crippen LogP contribution in [0.2, 0.25) is 0 Å². The first-order valence-corrected chi connectivity index (χ1v) is 8.14. The van der Waals surface area contributed by atoms with Crippen LogP contribution < -0.4 is 10.6 Å². The molecule has 1 amide bonds. The lowest BCUT2D eigenvalue weighted by Gasteiger charge is -2.27. The monoisotopic (exact) mass is 301 g/mol. The summed E-state index contributed by atoms with van der Waals surface area (Å²) in [5.74, 6) is 0.654. The second-order valence-corrected chi connectivity index (χ2v) is 6.44. The number of carbonyl (C=O) groups excluding carboxylic acids is 1. The number of aromatic nitrogens is 1. The highest BCUT2D eigenvalue weighted by atomic mass is 32.1. The zero-order valence-electron chi connectivity index (χ0n) is 12.0. The van der Waals surface area contributed by atoms with Gasteiger partial charge in [-0.2, -0.15) is 0 Å². The molecule has 1 aliphatic heterocycles. The Bertz CT molecular complexity index is 612. The lowest BCUT2D eigenvalue weighted by atomic mass is 9.94. The van der Waals surface area contributed by atoms with Crippen LogP contribution >= 0.6 is 11.3 Å². The van der Waals surface area contributed by atoms with Crippen LogP contribution in [0.4, 0.5) is 5.69 Å². The molecule has 2 N–H and O–H groups in total. The van der Waals surface area contributed by atoms with Crippen LogP contribution in [0.1, 0.15) is 19.8 Å². The van der Waals surface area contributed by atoms with Crippen molar-refractivity contribution in [1.29, 1.82) is 0 Å². The van der Waals surface area contributed by atoms with Crippen molar-refractivity contribution in [2.24, 2.45) is 5.92 Å². The van der Waals surface area contributed by atoms with E-state index in [2.05, 4.69) is 22.5 Å². The molecule has 0 radical (unpaired) electrons. The Hall–Kier alpha value is -1.72. The molecule has 1 aromatic heterocycles. The lowest BCUT2D eigenvalue weighted by Crippen LogP contribution is -2.45. The number of hydrogen-bond donors (Lipinski definition) is 2. The third-order valence-electron chi connectivity index (χ3n) is 3.79. The molecule has 0 aliphatic carbocycles. The molecule has 2 heterocycles. The number of rotatable bonds is 3. The zero-order chi connectivity index (χ0) is 14.7. The molecule has 0 bridgehead atoms. The van der Waals surface area contributed by atoms with Gasteiger partial charge in [0.1, 0.15) is 5.01 Å². The average molecular weight is 301 g/mol. The van der Waals surface area contributed by atoms with Gasteiger partial charge in [0, 0.05) is 22.8 Å². The molecule has 1 saturated heterocycles. The first-order valence-electron chi connectivity index (χ1n) is 7.26. The largest absolute Gasteiger partial charge is 0.325 e. The zero-order valence-corrected chi connectivity index (χ0v) is 12.8. The second kappa shape index (κ2) is 6.37. The molecule has 5 heteroatoms. The fourth-order valence-corrected chi connectivity index (χ4v) is 3.27. The van der Waals surface area contributed by atoms with E-state index in [0.717, 1.165) is 35.6 Å². The minimum Gasteiger partial charge on any atom is -0.325 e. The van der Waals surface area contributed by atoms with Gasteiger partial charge in [-0.1, -0.05) is 19.1 Å². The number of nitrogens with zero attached hydrogens (tertiary/aromatic N) is 1. The van der Waals surface area contributed by atoms with E-state index in [0.29, 0.717) is 5.92 Å². The SMILES string of the molecule is CC1CCNC(C(=O)Nc2cccc(-c3nccs3)c2)C1. The summed E-state index contributed by atoms with van der Waals surface area (Å²) in [5, 5.41) is 9.22.